The lowest BCUT2D eigenvalue weighted by molar-refractivity contribution is 0.0680. The highest BCUT2D eigenvalue weighted by atomic mass is 35.5. The van der Waals surface area contributed by atoms with E-state index in [0.29, 0.717) is 11.0 Å². The average Bonchev–Trinajstić information content (AvgIpc) is 2.67. The molecule has 2 saturated carbocycles. The first kappa shape index (κ1) is 13.6. The third-order valence-corrected chi connectivity index (χ3v) is 5.38. The van der Waals surface area contributed by atoms with Gasteiger partial charge in [0.15, 0.2) is 0 Å². The second-order valence-corrected chi connectivity index (χ2v) is 6.12. The summed E-state index contributed by atoms with van der Waals surface area (Å²) in [7, 11) is 0. The zero-order valence-electron chi connectivity index (χ0n) is 9.98. The number of nitrogens with one attached hydrogen (secondary N) is 1. The highest BCUT2D eigenvalue weighted by Gasteiger charge is 2.59. The van der Waals surface area contributed by atoms with Gasteiger partial charge in [-0.1, -0.05) is 13.8 Å². The van der Waals surface area contributed by atoms with Crippen LogP contribution in [0.4, 0.5) is 0 Å². The maximum atomic E-state index is 5.77. The van der Waals surface area contributed by atoms with E-state index in [0.717, 1.165) is 24.3 Å². The molecule has 0 radical (unpaired) electrons. The van der Waals surface area contributed by atoms with Crippen molar-refractivity contribution in [3.63, 3.8) is 0 Å². The molecular formula is C12H23Cl2N. The molecular weight excluding hydrogens is 229 g/mol. The summed E-state index contributed by atoms with van der Waals surface area (Å²) in [5.74, 6) is 2.54. The molecule has 2 rings (SSSR count). The van der Waals surface area contributed by atoms with Gasteiger partial charge in [-0.05, 0) is 43.4 Å². The van der Waals surface area contributed by atoms with Crippen LogP contribution in [-0.2, 0) is 0 Å². The first-order valence-corrected chi connectivity index (χ1v) is 6.37. The number of fused-ring (bicyclic) bond motifs is 2. The Morgan fingerprint density at radius 3 is 2.27 bits per heavy atom. The minimum absolute atomic E-state index is 0. The Hall–Kier alpha value is 0.540. The number of hydrogen-bond donors (Lipinski definition) is 1. The van der Waals surface area contributed by atoms with E-state index < -0.39 is 0 Å². The van der Waals surface area contributed by atoms with Crippen LogP contribution in [0.15, 0.2) is 0 Å². The van der Waals surface area contributed by atoms with E-state index in [1.807, 2.05) is 0 Å². The topological polar surface area (TPSA) is 12.0 Å². The standard InChI is InChI=1S/C12H22ClN.ClH/c1-11(2)9-4-5-10(8-9)12(11,3)14-7-6-13;/h9-10,14H,4-8H2,1-3H3;1H. The molecule has 0 aliphatic heterocycles. The average molecular weight is 252 g/mol. The highest BCUT2D eigenvalue weighted by Crippen LogP contribution is 2.61. The van der Waals surface area contributed by atoms with E-state index in [1.54, 1.807) is 0 Å². The molecule has 0 amide bonds. The molecule has 0 aromatic heterocycles. The molecule has 2 bridgehead atoms. The summed E-state index contributed by atoms with van der Waals surface area (Å²) in [5.41, 5.74) is 0.771. The molecule has 2 fully saturated rings. The van der Waals surface area contributed by atoms with E-state index in [-0.39, 0.29) is 12.4 Å². The van der Waals surface area contributed by atoms with Crippen molar-refractivity contribution in [2.24, 2.45) is 17.3 Å². The molecule has 3 atom stereocenters. The van der Waals surface area contributed by atoms with Crippen LogP contribution in [0.25, 0.3) is 0 Å². The summed E-state index contributed by atoms with van der Waals surface area (Å²) in [4.78, 5) is 0. The van der Waals surface area contributed by atoms with Crippen molar-refractivity contribution in [1.29, 1.82) is 0 Å². The molecule has 1 N–H and O–H groups in total. The fourth-order valence-electron chi connectivity index (χ4n) is 3.79. The van der Waals surface area contributed by atoms with Crippen LogP contribution in [0.2, 0.25) is 0 Å². The van der Waals surface area contributed by atoms with Gasteiger partial charge in [-0.25, -0.2) is 0 Å². The molecule has 90 valence electrons. The van der Waals surface area contributed by atoms with Gasteiger partial charge >= 0.3 is 0 Å². The normalized spacial score (nSPS) is 41.6. The molecule has 2 aliphatic carbocycles. The lowest BCUT2D eigenvalue weighted by Gasteiger charge is -2.48. The molecule has 0 aromatic carbocycles. The SMILES string of the molecule is CC1(C)C2CCC(C2)C1(C)NCCCl.Cl. The quantitative estimate of drug-likeness (QED) is 0.758. The molecule has 3 heteroatoms. The first-order valence-electron chi connectivity index (χ1n) is 5.83. The van der Waals surface area contributed by atoms with Crippen molar-refractivity contribution < 1.29 is 0 Å². The summed E-state index contributed by atoms with van der Waals surface area (Å²) in [5, 5.41) is 3.70. The van der Waals surface area contributed by atoms with Gasteiger partial charge in [0, 0.05) is 18.0 Å². The van der Waals surface area contributed by atoms with Gasteiger partial charge in [0.05, 0.1) is 0 Å². The number of hydrogen-bond acceptors (Lipinski definition) is 1. The van der Waals surface area contributed by atoms with E-state index in [2.05, 4.69) is 26.1 Å². The summed E-state index contributed by atoms with van der Waals surface area (Å²) in [6.45, 7) is 8.21. The predicted molar refractivity (Wildman–Crippen MR) is 69.0 cm³/mol. The van der Waals surface area contributed by atoms with Crippen LogP contribution < -0.4 is 5.32 Å². The van der Waals surface area contributed by atoms with E-state index in [1.165, 1.54) is 19.3 Å². The minimum Gasteiger partial charge on any atom is -0.310 e. The van der Waals surface area contributed by atoms with E-state index in [9.17, 15) is 0 Å². The lowest BCUT2D eigenvalue weighted by Crippen LogP contribution is -2.57. The van der Waals surface area contributed by atoms with Crippen LogP contribution in [0.3, 0.4) is 0 Å². The fraction of sp³-hybridized carbons (Fsp3) is 1.00. The summed E-state index contributed by atoms with van der Waals surface area (Å²) < 4.78 is 0. The Morgan fingerprint density at radius 1 is 1.20 bits per heavy atom. The molecule has 1 nitrogen and oxygen atoms in total. The van der Waals surface area contributed by atoms with Crippen molar-refractivity contribution in [3.8, 4) is 0 Å². The zero-order chi connectivity index (χ0) is 10.4. The number of halogens is 2. The largest absolute Gasteiger partial charge is 0.310 e. The van der Waals surface area contributed by atoms with Gasteiger partial charge in [0.1, 0.15) is 0 Å². The molecule has 0 saturated heterocycles. The Bertz CT molecular complexity index is 230. The third kappa shape index (κ3) is 1.81. The van der Waals surface area contributed by atoms with Gasteiger partial charge in [-0.3, -0.25) is 0 Å². The summed E-state index contributed by atoms with van der Waals surface area (Å²) in [6, 6.07) is 0. The van der Waals surface area contributed by atoms with Gasteiger partial charge in [0.25, 0.3) is 0 Å². The van der Waals surface area contributed by atoms with Crippen molar-refractivity contribution in [3.05, 3.63) is 0 Å². The Kier molecular flexibility index (Phi) is 4.01. The second kappa shape index (κ2) is 4.43. The van der Waals surface area contributed by atoms with Crippen LogP contribution >= 0.6 is 24.0 Å². The van der Waals surface area contributed by atoms with Crippen LogP contribution in [0.1, 0.15) is 40.0 Å². The van der Waals surface area contributed by atoms with Gasteiger partial charge < -0.3 is 5.32 Å². The molecule has 0 aromatic rings. The molecule has 0 heterocycles. The van der Waals surface area contributed by atoms with Gasteiger partial charge in [-0.2, -0.15) is 0 Å². The van der Waals surface area contributed by atoms with Crippen molar-refractivity contribution in [2.45, 2.75) is 45.6 Å². The maximum absolute atomic E-state index is 5.77. The number of alkyl halides is 1. The Labute approximate surface area is 105 Å². The predicted octanol–water partition coefficient (Wildman–Crippen LogP) is 3.45. The summed E-state index contributed by atoms with van der Waals surface area (Å²) in [6.07, 6.45) is 4.29. The first-order chi connectivity index (χ1) is 6.52. The summed E-state index contributed by atoms with van der Waals surface area (Å²) >= 11 is 5.77. The highest BCUT2D eigenvalue weighted by molar-refractivity contribution is 6.18. The van der Waals surface area contributed by atoms with Gasteiger partial charge in [0.2, 0.25) is 0 Å². The van der Waals surface area contributed by atoms with Crippen LogP contribution in [0.5, 0.6) is 0 Å². The van der Waals surface area contributed by atoms with Crippen LogP contribution in [-0.4, -0.2) is 18.0 Å². The number of rotatable bonds is 3. The van der Waals surface area contributed by atoms with Crippen molar-refractivity contribution >= 4 is 24.0 Å². The zero-order valence-corrected chi connectivity index (χ0v) is 11.5. The van der Waals surface area contributed by atoms with E-state index in [4.69, 9.17) is 11.6 Å². The maximum Gasteiger partial charge on any atom is 0.0348 e. The Morgan fingerprint density at radius 2 is 1.80 bits per heavy atom. The molecule has 0 spiro atoms. The van der Waals surface area contributed by atoms with Crippen molar-refractivity contribution in [2.75, 3.05) is 12.4 Å². The monoisotopic (exact) mass is 251 g/mol. The van der Waals surface area contributed by atoms with Gasteiger partial charge in [-0.15, -0.1) is 24.0 Å². The smallest absolute Gasteiger partial charge is 0.0348 e. The van der Waals surface area contributed by atoms with Crippen LogP contribution in [0, 0.1) is 17.3 Å². The minimum atomic E-state index is 0. The third-order valence-electron chi connectivity index (χ3n) is 5.19. The fourth-order valence-corrected chi connectivity index (χ4v) is 3.89. The molecule has 3 unspecified atom stereocenters. The molecule has 15 heavy (non-hydrogen) atoms. The lowest BCUT2D eigenvalue weighted by atomic mass is 9.64. The second-order valence-electron chi connectivity index (χ2n) is 5.75. The Balaban J connectivity index is 0.00000112. The van der Waals surface area contributed by atoms with Crippen molar-refractivity contribution in [1.82, 2.24) is 5.32 Å². The molecule has 2 aliphatic rings. The van der Waals surface area contributed by atoms with E-state index >= 15 is 0 Å².